The Labute approximate surface area is 114 Å². The number of hydrogen-bond acceptors (Lipinski definition) is 2. The molecule has 0 heterocycles. The minimum Gasteiger partial charge on any atom is -0.310 e. The molecule has 0 amide bonds. The van der Waals surface area contributed by atoms with Crippen molar-refractivity contribution in [2.45, 2.75) is 51.1 Å². The third-order valence-electron chi connectivity index (χ3n) is 2.52. The Bertz CT molecular complexity index is 339. The molecule has 0 aliphatic rings. The van der Waals surface area contributed by atoms with Crippen LogP contribution in [0.5, 0.6) is 0 Å². The molecule has 0 saturated carbocycles. The molecular formula is C14H22ClNS. The lowest BCUT2D eigenvalue weighted by atomic mass is 10.2. The average molecular weight is 272 g/mol. The van der Waals surface area contributed by atoms with Crippen LogP contribution in [0, 0.1) is 0 Å². The molecule has 0 aliphatic carbocycles. The second-order valence-electron chi connectivity index (χ2n) is 4.45. The van der Waals surface area contributed by atoms with Gasteiger partial charge in [0.05, 0.1) is 0 Å². The van der Waals surface area contributed by atoms with Gasteiger partial charge < -0.3 is 5.32 Å². The standard InChI is InChI=1S/C14H22ClNS/c1-4-5-9-17-14-8-6-7-13(15)12(14)10-16-11(2)3/h6-8,11,16H,4-5,9-10H2,1-3H3. The molecule has 1 nitrogen and oxygen atoms in total. The molecule has 0 atom stereocenters. The number of nitrogens with one attached hydrogen (secondary N) is 1. The van der Waals surface area contributed by atoms with Crippen LogP contribution < -0.4 is 5.32 Å². The van der Waals surface area contributed by atoms with Gasteiger partial charge in [-0.1, -0.05) is 44.9 Å². The average Bonchev–Trinajstić information content (AvgIpc) is 2.28. The van der Waals surface area contributed by atoms with Gasteiger partial charge in [0.2, 0.25) is 0 Å². The van der Waals surface area contributed by atoms with Crippen molar-refractivity contribution in [1.82, 2.24) is 5.32 Å². The fourth-order valence-corrected chi connectivity index (χ4v) is 2.96. The van der Waals surface area contributed by atoms with Crippen LogP contribution in [0.15, 0.2) is 23.1 Å². The van der Waals surface area contributed by atoms with Crippen LogP contribution >= 0.6 is 23.4 Å². The van der Waals surface area contributed by atoms with Crippen molar-refractivity contribution in [3.63, 3.8) is 0 Å². The first kappa shape index (κ1) is 14.9. The Hall–Kier alpha value is -0.180. The second kappa shape index (κ2) is 8.02. The minimum absolute atomic E-state index is 0.486. The summed E-state index contributed by atoms with van der Waals surface area (Å²) in [5, 5.41) is 4.31. The highest BCUT2D eigenvalue weighted by atomic mass is 35.5. The van der Waals surface area contributed by atoms with Crippen LogP contribution in [0.3, 0.4) is 0 Å². The van der Waals surface area contributed by atoms with E-state index in [0.29, 0.717) is 6.04 Å². The van der Waals surface area contributed by atoms with Gasteiger partial charge in [0.1, 0.15) is 0 Å². The largest absolute Gasteiger partial charge is 0.310 e. The van der Waals surface area contributed by atoms with Gasteiger partial charge in [0.15, 0.2) is 0 Å². The van der Waals surface area contributed by atoms with E-state index in [1.807, 2.05) is 23.9 Å². The number of thioether (sulfide) groups is 1. The van der Waals surface area contributed by atoms with Crippen molar-refractivity contribution in [1.29, 1.82) is 0 Å². The normalized spacial score (nSPS) is 11.1. The van der Waals surface area contributed by atoms with Crippen molar-refractivity contribution >= 4 is 23.4 Å². The molecule has 1 aromatic carbocycles. The molecule has 3 heteroatoms. The first-order valence-corrected chi connectivity index (χ1v) is 7.65. The zero-order valence-electron chi connectivity index (χ0n) is 10.9. The predicted octanol–water partition coefficient (Wildman–Crippen LogP) is 4.73. The maximum atomic E-state index is 6.27. The first-order valence-electron chi connectivity index (χ1n) is 6.28. The zero-order valence-corrected chi connectivity index (χ0v) is 12.5. The van der Waals surface area contributed by atoms with Crippen molar-refractivity contribution in [2.75, 3.05) is 5.75 Å². The highest BCUT2D eigenvalue weighted by Gasteiger charge is 2.07. The first-order chi connectivity index (χ1) is 8.15. The fourth-order valence-electron chi connectivity index (χ4n) is 1.48. The van der Waals surface area contributed by atoms with E-state index in [4.69, 9.17) is 11.6 Å². The molecular weight excluding hydrogens is 250 g/mol. The smallest absolute Gasteiger partial charge is 0.0462 e. The van der Waals surface area contributed by atoms with Gasteiger partial charge in [0.25, 0.3) is 0 Å². The Balaban J connectivity index is 2.69. The quantitative estimate of drug-likeness (QED) is 0.568. The molecule has 0 unspecified atom stereocenters. The molecule has 0 spiro atoms. The van der Waals surface area contributed by atoms with E-state index in [9.17, 15) is 0 Å². The number of rotatable bonds is 7. The summed E-state index contributed by atoms with van der Waals surface area (Å²) in [6, 6.07) is 6.67. The SMILES string of the molecule is CCCCSc1cccc(Cl)c1CNC(C)C. The molecule has 0 aromatic heterocycles. The van der Waals surface area contributed by atoms with Gasteiger partial charge in [-0.05, 0) is 29.9 Å². The predicted molar refractivity (Wildman–Crippen MR) is 79.1 cm³/mol. The van der Waals surface area contributed by atoms with Crippen molar-refractivity contribution in [2.24, 2.45) is 0 Å². The highest BCUT2D eigenvalue weighted by molar-refractivity contribution is 7.99. The molecule has 1 rings (SSSR count). The Morgan fingerprint density at radius 2 is 2.12 bits per heavy atom. The molecule has 0 fully saturated rings. The lowest BCUT2D eigenvalue weighted by molar-refractivity contribution is 0.585. The molecule has 1 aromatic rings. The number of halogens is 1. The third-order valence-corrected chi connectivity index (χ3v) is 4.06. The maximum Gasteiger partial charge on any atom is 0.0462 e. The van der Waals surface area contributed by atoms with Crippen LogP contribution in [-0.4, -0.2) is 11.8 Å². The molecule has 96 valence electrons. The third kappa shape index (κ3) is 5.33. The second-order valence-corrected chi connectivity index (χ2v) is 6.00. The maximum absolute atomic E-state index is 6.27. The van der Waals surface area contributed by atoms with E-state index < -0.39 is 0 Å². The summed E-state index contributed by atoms with van der Waals surface area (Å²) in [4.78, 5) is 1.32. The van der Waals surface area contributed by atoms with Gasteiger partial charge in [-0.2, -0.15) is 0 Å². The van der Waals surface area contributed by atoms with Crippen LogP contribution in [-0.2, 0) is 6.54 Å². The number of benzene rings is 1. The Morgan fingerprint density at radius 1 is 1.35 bits per heavy atom. The molecule has 1 N–H and O–H groups in total. The lowest BCUT2D eigenvalue weighted by Crippen LogP contribution is -2.22. The lowest BCUT2D eigenvalue weighted by Gasteiger charge is -2.13. The molecule has 0 saturated heterocycles. The van der Waals surface area contributed by atoms with Gasteiger partial charge >= 0.3 is 0 Å². The van der Waals surface area contributed by atoms with Crippen molar-refractivity contribution < 1.29 is 0 Å². The van der Waals surface area contributed by atoms with E-state index in [1.165, 1.54) is 29.1 Å². The number of unbranched alkanes of at least 4 members (excludes halogenated alkanes) is 1. The summed E-state index contributed by atoms with van der Waals surface area (Å²) in [7, 11) is 0. The molecule has 0 bridgehead atoms. The summed E-state index contributed by atoms with van der Waals surface area (Å²) >= 11 is 8.19. The van der Waals surface area contributed by atoms with Gasteiger partial charge in [-0.25, -0.2) is 0 Å². The summed E-state index contributed by atoms with van der Waals surface area (Å²) < 4.78 is 0. The summed E-state index contributed by atoms with van der Waals surface area (Å²) in [5.74, 6) is 1.17. The Kier molecular flexibility index (Phi) is 7.02. The number of hydrogen-bond donors (Lipinski definition) is 1. The van der Waals surface area contributed by atoms with E-state index in [2.05, 4.69) is 32.2 Å². The Morgan fingerprint density at radius 3 is 2.76 bits per heavy atom. The van der Waals surface area contributed by atoms with Crippen molar-refractivity contribution in [3.8, 4) is 0 Å². The van der Waals surface area contributed by atoms with Gasteiger partial charge in [-0.3, -0.25) is 0 Å². The van der Waals surface area contributed by atoms with Gasteiger partial charge in [-0.15, -0.1) is 11.8 Å². The molecule has 0 radical (unpaired) electrons. The van der Waals surface area contributed by atoms with E-state index in [1.54, 1.807) is 0 Å². The van der Waals surface area contributed by atoms with Crippen LogP contribution in [0.1, 0.15) is 39.2 Å². The monoisotopic (exact) mass is 271 g/mol. The van der Waals surface area contributed by atoms with Crippen LogP contribution in [0.25, 0.3) is 0 Å². The summed E-state index contributed by atoms with van der Waals surface area (Å²) in [6.45, 7) is 7.38. The highest BCUT2D eigenvalue weighted by Crippen LogP contribution is 2.29. The van der Waals surface area contributed by atoms with Crippen LogP contribution in [0.4, 0.5) is 0 Å². The molecule has 0 aliphatic heterocycles. The zero-order chi connectivity index (χ0) is 12.7. The van der Waals surface area contributed by atoms with E-state index in [-0.39, 0.29) is 0 Å². The molecule has 17 heavy (non-hydrogen) atoms. The summed E-state index contributed by atoms with van der Waals surface area (Å²) in [6.07, 6.45) is 2.50. The fraction of sp³-hybridized carbons (Fsp3) is 0.571. The van der Waals surface area contributed by atoms with Crippen LogP contribution in [0.2, 0.25) is 5.02 Å². The minimum atomic E-state index is 0.486. The van der Waals surface area contributed by atoms with E-state index >= 15 is 0 Å². The van der Waals surface area contributed by atoms with E-state index in [0.717, 1.165) is 11.6 Å². The topological polar surface area (TPSA) is 12.0 Å². The van der Waals surface area contributed by atoms with Crippen molar-refractivity contribution in [3.05, 3.63) is 28.8 Å². The summed E-state index contributed by atoms with van der Waals surface area (Å²) in [5.41, 5.74) is 1.24. The van der Waals surface area contributed by atoms with Gasteiger partial charge in [0, 0.05) is 22.5 Å².